The summed E-state index contributed by atoms with van der Waals surface area (Å²) in [5.74, 6) is 0.293. The molecule has 142 valence electrons. The van der Waals surface area contributed by atoms with Gasteiger partial charge >= 0.3 is 5.69 Å². The second-order valence-electron chi connectivity index (χ2n) is 7.49. The van der Waals surface area contributed by atoms with E-state index >= 15 is 0 Å². The van der Waals surface area contributed by atoms with Crippen LogP contribution in [0.5, 0.6) is 0 Å². The van der Waals surface area contributed by atoms with Gasteiger partial charge in [0.05, 0.1) is 11.0 Å². The molecule has 6 nitrogen and oxygen atoms in total. The van der Waals surface area contributed by atoms with Gasteiger partial charge in [-0.25, -0.2) is 4.79 Å². The molecule has 2 aromatic carbocycles. The van der Waals surface area contributed by atoms with Gasteiger partial charge in [0, 0.05) is 24.5 Å². The Hall–Kier alpha value is -3.28. The predicted molar refractivity (Wildman–Crippen MR) is 108 cm³/mol. The number of imidazole rings is 1. The summed E-state index contributed by atoms with van der Waals surface area (Å²) in [6, 6.07) is 15.5. The topological polar surface area (TPSA) is 71.2 Å². The van der Waals surface area contributed by atoms with Crippen LogP contribution in [-0.4, -0.2) is 33.4 Å². The normalized spacial score (nSPS) is 15.5. The van der Waals surface area contributed by atoms with Gasteiger partial charge in [-0.3, -0.25) is 9.36 Å². The van der Waals surface area contributed by atoms with Crippen molar-refractivity contribution in [1.29, 1.82) is 0 Å². The zero-order valence-corrected chi connectivity index (χ0v) is 15.6. The van der Waals surface area contributed by atoms with Crippen molar-refractivity contribution in [3.05, 3.63) is 70.3 Å². The molecular weight excluding hydrogens is 354 g/mol. The van der Waals surface area contributed by atoms with E-state index < -0.39 is 0 Å². The molecule has 1 fully saturated rings. The zero-order valence-electron chi connectivity index (χ0n) is 15.6. The Labute approximate surface area is 161 Å². The number of hydrogen-bond donors (Lipinski definition) is 1. The first kappa shape index (κ1) is 16.9. The van der Waals surface area contributed by atoms with E-state index in [1.807, 2.05) is 64.9 Å². The van der Waals surface area contributed by atoms with Crippen LogP contribution >= 0.6 is 0 Å². The van der Waals surface area contributed by atoms with Crippen molar-refractivity contribution in [3.63, 3.8) is 0 Å². The van der Waals surface area contributed by atoms with Gasteiger partial charge in [0.25, 0.3) is 5.91 Å². The number of carbonyl (C=O) groups is 1. The van der Waals surface area contributed by atoms with Crippen LogP contribution in [0.4, 0.5) is 0 Å². The Morgan fingerprint density at radius 3 is 2.71 bits per heavy atom. The molecule has 0 spiro atoms. The summed E-state index contributed by atoms with van der Waals surface area (Å²) in [7, 11) is 0. The Morgan fingerprint density at radius 2 is 1.89 bits per heavy atom. The maximum Gasteiger partial charge on any atom is 0.326 e. The standard InChI is InChI=1S/C22H21N3O3/c1-14-6-7-19-15(12-14)13-20(28-19)21(26)24-10-8-16(9-11-24)25-18-5-3-2-4-17(18)23-22(25)27/h2-7,12-13,16H,8-11H2,1H3,(H,23,27). The minimum atomic E-state index is -0.0847. The summed E-state index contributed by atoms with van der Waals surface area (Å²) in [5.41, 5.74) is 3.55. The molecule has 1 saturated heterocycles. The Balaban J connectivity index is 1.35. The zero-order chi connectivity index (χ0) is 19.3. The van der Waals surface area contributed by atoms with Crippen LogP contribution in [0, 0.1) is 6.92 Å². The van der Waals surface area contributed by atoms with Crippen LogP contribution in [0.1, 0.15) is 35.0 Å². The number of piperidine rings is 1. The second-order valence-corrected chi connectivity index (χ2v) is 7.49. The predicted octanol–water partition coefficient (Wildman–Crippen LogP) is 3.86. The number of aromatic amines is 1. The van der Waals surface area contributed by atoms with Crippen molar-refractivity contribution in [2.45, 2.75) is 25.8 Å². The van der Waals surface area contributed by atoms with Gasteiger partial charge in [-0.2, -0.15) is 0 Å². The molecule has 0 atom stereocenters. The smallest absolute Gasteiger partial charge is 0.326 e. The molecule has 0 aliphatic carbocycles. The van der Waals surface area contributed by atoms with Gasteiger partial charge in [0.1, 0.15) is 5.58 Å². The summed E-state index contributed by atoms with van der Waals surface area (Å²) in [5, 5.41) is 0.948. The average molecular weight is 375 g/mol. The lowest BCUT2D eigenvalue weighted by Gasteiger charge is -2.32. The molecule has 1 N–H and O–H groups in total. The lowest BCUT2D eigenvalue weighted by molar-refractivity contribution is 0.0665. The Morgan fingerprint density at radius 1 is 1.11 bits per heavy atom. The Bertz CT molecular complexity index is 1240. The van der Waals surface area contributed by atoms with Crippen molar-refractivity contribution in [2.24, 2.45) is 0 Å². The molecule has 5 rings (SSSR count). The van der Waals surface area contributed by atoms with Gasteiger partial charge in [-0.15, -0.1) is 0 Å². The number of furan rings is 1. The summed E-state index contributed by atoms with van der Waals surface area (Å²) in [4.78, 5) is 30.0. The molecule has 0 saturated carbocycles. The van der Waals surface area contributed by atoms with E-state index in [4.69, 9.17) is 4.42 Å². The average Bonchev–Trinajstić information content (AvgIpc) is 3.27. The van der Waals surface area contributed by atoms with E-state index in [2.05, 4.69) is 4.98 Å². The van der Waals surface area contributed by atoms with E-state index in [0.717, 1.165) is 40.4 Å². The molecule has 1 aliphatic rings. The molecule has 1 amide bonds. The number of hydrogen-bond acceptors (Lipinski definition) is 3. The van der Waals surface area contributed by atoms with Crippen LogP contribution in [0.3, 0.4) is 0 Å². The van der Waals surface area contributed by atoms with E-state index in [-0.39, 0.29) is 17.6 Å². The fraction of sp³-hybridized carbons (Fsp3) is 0.273. The first-order valence-corrected chi connectivity index (χ1v) is 9.59. The quantitative estimate of drug-likeness (QED) is 0.578. The molecule has 0 radical (unpaired) electrons. The summed E-state index contributed by atoms with van der Waals surface area (Å²) in [6.45, 7) is 3.22. The number of amides is 1. The number of carbonyl (C=O) groups excluding carboxylic acids is 1. The van der Waals surface area contributed by atoms with Gasteiger partial charge in [0.15, 0.2) is 5.76 Å². The number of aryl methyl sites for hydroxylation is 1. The number of benzene rings is 2. The second kappa shape index (κ2) is 6.41. The Kier molecular flexibility index (Phi) is 3.86. The monoisotopic (exact) mass is 375 g/mol. The van der Waals surface area contributed by atoms with Crippen LogP contribution in [0.2, 0.25) is 0 Å². The van der Waals surface area contributed by atoms with Gasteiger partial charge < -0.3 is 14.3 Å². The number of rotatable bonds is 2. The van der Waals surface area contributed by atoms with E-state index in [0.29, 0.717) is 18.8 Å². The largest absolute Gasteiger partial charge is 0.451 e. The highest BCUT2D eigenvalue weighted by atomic mass is 16.3. The fourth-order valence-corrected chi connectivity index (χ4v) is 4.19. The molecule has 0 unspecified atom stereocenters. The summed E-state index contributed by atoms with van der Waals surface area (Å²) >= 11 is 0. The molecule has 0 bridgehead atoms. The number of para-hydroxylation sites is 2. The van der Waals surface area contributed by atoms with Gasteiger partial charge in [-0.1, -0.05) is 23.8 Å². The highest BCUT2D eigenvalue weighted by Gasteiger charge is 2.28. The third-order valence-corrected chi connectivity index (χ3v) is 5.62. The minimum Gasteiger partial charge on any atom is -0.451 e. The number of nitrogens with one attached hydrogen (secondary N) is 1. The van der Waals surface area contributed by atoms with Crippen LogP contribution in [0.25, 0.3) is 22.0 Å². The highest BCUT2D eigenvalue weighted by molar-refractivity contribution is 5.96. The summed E-state index contributed by atoms with van der Waals surface area (Å²) in [6.07, 6.45) is 1.49. The van der Waals surface area contributed by atoms with Crippen molar-refractivity contribution in [3.8, 4) is 0 Å². The lowest BCUT2D eigenvalue weighted by Crippen LogP contribution is -2.40. The van der Waals surface area contributed by atoms with Crippen molar-refractivity contribution < 1.29 is 9.21 Å². The van der Waals surface area contributed by atoms with E-state index in [9.17, 15) is 9.59 Å². The van der Waals surface area contributed by atoms with Gasteiger partial charge in [-0.05, 0) is 50.1 Å². The number of fused-ring (bicyclic) bond motifs is 2. The van der Waals surface area contributed by atoms with Gasteiger partial charge in [0.2, 0.25) is 0 Å². The molecular formula is C22H21N3O3. The number of aromatic nitrogens is 2. The van der Waals surface area contributed by atoms with Crippen molar-refractivity contribution in [1.82, 2.24) is 14.5 Å². The molecule has 1 aliphatic heterocycles. The van der Waals surface area contributed by atoms with Crippen LogP contribution < -0.4 is 5.69 Å². The molecule has 28 heavy (non-hydrogen) atoms. The number of H-pyrrole nitrogens is 1. The van der Waals surface area contributed by atoms with E-state index in [1.54, 1.807) is 0 Å². The van der Waals surface area contributed by atoms with E-state index in [1.165, 1.54) is 0 Å². The van der Waals surface area contributed by atoms with Crippen LogP contribution in [-0.2, 0) is 0 Å². The van der Waals surface area contributed by atoms with Crippen molar-refractivity contribution >= 4 is 27.9 Å². The maximum absolute atomic E-state index is 12.9. The number of likely N-dealkylation sites (tertiary alicyclic amines) is 1. The lowest BCUT2D eigenvalue weighted by atomic mass is 10.0. The fourth-order valence-electron chi connectivity index (χ4n) is 4.19. The molecule has 3 heterocycles. The SMILES string of the molecule is Cc1ccc2oc(C(=O)N3CCC(n4c(=O)[nH]c5ccccc54)CC3)cc2c1. The highest BCUT2D eigenvalue weighted by Crippen LogP contribution is 2.27. The first-order valence-electron chi connectivity index (χ1n) is 9.59. The maximum atomic E-state index is 12.9. The molecule has 2 aromatic heterocycles. The van der Waals surface area contributed by atoms with Crippen LogP contribution in [0.15, 0.2) is 57.7 Å². The molecule has 4 aromatic rings. The third kappa shape index (κ3) is 2.72. The van der Waals surface area contributed by atoms with Crippen molar-refractivity contribution in [2.75, 3.05) is 13.1 Å². The first-order chi connectivity index (χ1) is 13.6. The number of nitrogens with zero attached hydrogens (tertiary/aromatic N) is 2. The third-order valence-electron chi connectivity index (χ3n) is 5.62. The molecule has 6 heteroatoms. The minimum absolute atomic E-state index is 0.0846. The summed E-state index contributed by atoms with van der Waals surface area (Å²) < 4.78 is 7.60.